The topological polar surface area (TPSA) is 32.8 Å². The van der Waals surface area contributed by atoms with E-state index in [1.54, 1.807) is 0 Å². The van der Waals surface area contributed by atoms with Crippen molar-refractivity contribution in [3.63, 3.8) is 0 Å². The highest BCUT2D eigenvalue weighted by Gasteiger charge is 2.47. The molecule has 32 heavy (non-hydrogen) atoms. The van der Waals surface area contributed by atoms with Crippen LogP contribution < -0.4 is 0 Å². The number of quaternary nitrogens is 1. The summed E-state index contributed by atoms with van der Waals surface area (Å²) in [5.74, 6) is 0.415. The van der Waals surface area contributed by atoms with Gasteiger partial charge in [-0.05, 0) is 12.0 Å². The summed E-state index contributed by atoms with van der Waals surface area (Å²) in [4.78, 5) is 14.7. The maximum absolute atomic E-state index is 12.1. The molecule has 0 saturated carbocycles. The Balaban J connectivity index is 1.13. The van der Waals surface area contributed by atoms with Crippen LogP contribution in [0, 0.1) is 5.92 Å². The third-order valence-corrected chi connectivity index (χ3v) is 8.01. The molecule has 5 rings (SSSR count). The predicted molar refractivity (Wildman–Crippen MR) is 126 cm³/mol. The molecule has 0 radical (unpaired) electrons. The Morgan fingerprint density at radius 3 is 2.66 bits per heavy atom. The molecular formula is C27H36N3O2+. The molecule has 1 spiro atoms. The van der Waals surface area contributed by atoms with Crippen LogP contribution in [0.15, 0.2) is 66.5 Å². The average molecular weight is 435 g/mol. The Kier molecular flexibility index (Phi) is 6.20. The zero-order valence-corrected chi connectivity index (χ0v) is 19.1. The van der Waals surface area contributed by atoms with Crippen molar-refractivity contribution in [2.45, 2.75) is 44.2 Å². The maximum Gasteiger partial charge on any atom is 0.255 e. The third kappa shape index (κ3) is 4.16. The summed E-state index contributed by atoms with van der Waals surface area (Å²) in [6.45, 7) is 7.07. The highest BCUT2D eigenvalue weighted by atomic mass is 16.5. The van der Waals surface area contributed by atoms with Crippen LogP contribution in [0.3, 0.4) is 0 Å². The van der Waals surface area contributed by atoms with Crippen LogP contribution in [-0.4, -0.2) is 65.8 Å². The van der Waals surface area contributed by atoms with Gasteiger partial charge in [-0.25, -0.2) is 4.59 Å². The van der Waals surface area contributed by atoms with E-state index >= 15 is 0 Å². The van der Waals surface area contributed by atoms with Crippen molar-refractivity contribution in [3.8, 4) is 0 Å². The minimum atomic E-state index is -0.0393. The number of rotatable bonds is 8. The molecule has 0 bridgehead atoms. The molecule has 1 amide bonds. The van der Waals surface area contributed by atoms with E-state index in [4.69, 9.17) is 4.74 Å². The van der Waals surface area contributed by atoms with E-state index in [-0.39, 0.29) is 5.60 Å². The summed E-state index contributed by atoms with van der Waals surface area (Å²) in [5, 5.41) is 2.08. The Morgan fingerprint density at radius 1 is 1.12 bits per heavy atom. The van der Waals surface area contributed by atoms with Gasteiger partial charge >= 0.3 is 0 Å². The van der Waals surface area contributed by atoms with E-state index in [1.807, 2.05) is 6.26 Å². The lowest BCUT2D eigenvalue weighted by molar-refractivity contribution is -1.02. The summed E-state index contributed by atoms with van der Waals surface area (Å²) in [6, 6.07) is 10.6. The van der Waals surface area contributed by atoms with Crippen molar-refractivity contribution in [3.05, 3.63) is 72.0 Å². The monoisotopic (exact) mass is 434 g/mol. The van der Waals surface area contributed by atoms with Crippen LogP contribution in [0.5, 0.6) is 0 Å². The fourth-order valence-corrected chi connectivity index (χ4v) is 6.17. The lowest BCUT2D eigenvalue weighted by Crippen LogP contribution is -2.58. The fraction of sp³-hybridized carbons (Fsp3) is 0.519. The maximum atomic E-state index is 12.1. The lowest BCUT2D eigenvalue weighted by atomic mass is 9.76. The Bertz CT molecular complexity index is 877. The van der Waals surface area contributed by atoms with Gasteiger partial charge in [-0.3, -0.25) is 4.79 Å². The highest BCUT2D eigenvalue weighted by Crippen LogP contribution is 2.45. The van der Waals surface area contributed by atoms with Crippen molar-refractivity contribution in [2.75, 3.05) is 39.3 Å². The number of piperidine rings is 1. The molecule has 0 aromatic heterocycles. The number of allylic oxidation sites excluding steroid dienone is 3. The number of nitrogens with zero attached hydrogens (tertiary/aromatic N) is 3. The van der Waals surface area contributed by atoms with Gasteiger partial charge in [-0.15, -0.1) is 0 Å². The van der Waals surface area contributed by atoms with Crippen LogP contribution in [0.2, 0.25) is 0 Å². The van der Waals surface area contributed by atoms with Gasteiger partial charge in [-0.2, -0.15) is 5.01 Å². The number of fused-ring (bicyclic) bond motifs is 2. The Hall–Kier alpha value is -2.37. The number of ether oxygens (including phenoxy) is 1. The molecule has 2 fully saturated rings. The standard InChI is InChI=1S/C27H36N3O2/c31-23-29(30(19-6-7-20-30)21-24-9-2-1-3-10-24)16-8-15-28-17-13-27(14-18-28)26-12-5-4-11-25(26)22-32-27/h1-5,9-12,22-23,26H,6-8,13-21H2/q+1. The second kappa shape index (κ2) is 9.24. The van der Waals surface area contributed by atoms with Crippen molar-refractivity contribution < 1.29 is 14.1 Å². The van der Waals surface area contributed by atoms with Gasteiger partial charge in [0.2, 0.25) is 0 Å². The van der Waals surface area contributed by atoms with E-state index < -0.39 is 0 Å². The van der Waals surface area contributed by atoms with E-state index in [0.717, 1.165) is 76.1 Å². The highest BCUT2D eigenvalue weighted by molar-refractivity contribution is 5.45. The Morgan fingerprint density at radius 2 is 1.91 bits per heavy atom. The average Bonchev–Trinajstić information content (AvgIpc) is 3.45. The molecule has 1 aromatic rings. The zero-order chi connectivity index (χ0) is 21.9. The number of carbonyl (C=O) groups is 1. The summed E-state index contributed by atoms with van der Waals surface area (Å²) in [6.07, 6.45) is 17.4. The molecule has 170 valence electrons. The Labute approximate surface area is 192 Å². The van der Waals surface area contributed by atoms with Crippen LogP contribution in [0.25, 0.3) is 0 Å². The summed E-state index contributed by atoms with van der Waals surface area (Å²) in [5.41, 5.74) is 2.60. The molecule has 2 saturated heterocycles. The molecule has 1 aliphatic carbocycles. The predicted octanol–water partition coefficient (Wildman–Crippen LogP) is 4.05. The third-order valence-electron chi connectivity index (χ3n) is 8.01. The second-order valence-corrected chi connectivity index (χ2v) is 9.88. The molecule has 0 N–H and O–H groups in total. The van der Waals surface area contributed by atoms with Crippen LogP contribution >= 0.6 is 0 Å². The van der Waals surface area contributed by atoms with E-state index in [9.17, 15) is 4.79 Å². The molecule has 4 aliphatic rings. The minimum Gasteiger partial charge on any atom is -0.494 e. The molecule has 5 heteroatoms. The van der Waals surface area contributed by atoms with Gasteiger partial charge in [0, 0.05) is 56.8 Å². The smallest absolute Gasteiger partial charge is 0.255 e. The van der Waals surface area contributed by atoms with E-state index in [2.05, 4.69) is 64.5 Å². The van der Waals surface area contributed by atoms with Gasteiger partial charge in [-0.1, -0.05) is 54.6 Å². The van der Waals surface area contributed by atoms with Gasteiger partial charge in [0.25, 0.3) is 6.41 Å². The molecule has 3 aliphatic heterocycles. The summed E-state index contributed by atoms with van der Waals surface area (Å²) >= 11 is 0. The molecule has 1 aromatic carbocycles. The van der Waals surface area contributed by atoms with Gasteiger partial charge in [0.15, 0.2) is 0 Å². The van der Waals surface area contributed by atoms with Crippen molar-refractivity contribution in [2.24, 2.45) is 5.92 Å². The molecule has 1 unspecified atom stereocenters. The number of benzene rings is 1. The molecular weight excluding hydrogens is 398 g/mol. The van der Waals surface area contributed by atoms with E-state index in [1.165, 1.54) is 24.0 Å². The lowest BCUT2D eigenvalue weighted by Gasteiger charge is -2.43. The first-order valence-corrected chi connectivity index (χ1v) is 12.3. The normalized spacial score (nSPS) is 25.4. The molecule has 5 nitrogen and oxygen atoms in total. The molecule has 3 heterocycles. The van der Waals surface area contributed by atoms with Gasteiger partial charge in [0.1, 0.15) is 25.2 Å². The van der Waals surface area contributed by atoms with Crippen molar-refractivity contribution >= 4 is 6.41 Å². The largest absolute Gasteiger partial charge is 0.494 e. The van der Waals surface area contributed by atoms with Crippen LogP contribution in [0.1, 0.15) is 37.7 Å². The second-order valence-electron chi connectivity index (χ2n) is 9.88. The summed E-state index contributed by atoms with van der Waals surface area (Å²) < 4.78 is 7.02. The minimum absolute atomic E-state index is 0.0393. The van der Waals surface area contributed by atoms with Crippen molar-refractivity contribution in [1.29, 1.82) is 0 Å². The van der Waals surface area contributed by atoms with Crippen molar-refractivity contribution in [1.82, 2.24) is 9.91 Å². The number of likely N-dealkylation sites (tertiary alicyclic amines) is 2. The number of hydrogen-bond acceptors (Lipinski definition) is 3. The fourth-order valence-electron chi connectivity index (χ4n) is 6.17. The number of amides is 1. The first-order chi connectivity index (χ1) is 15.7. The quantitative estimate of drug-likeness (QED) is 0.457. The number of carbonyl (C=O) groups excluding carboxylic acids is 1. The van der Waals surface area contributed by atoms with Gasteiger partial charge < -0.3 is 9.64 Å². The summed E-state index contributed by atoms with van der Waals surface area (Å²) in [7, 11) is 0. The van der Waals surface area contributed by atoms with Crippen LogP contribution in [0.4, 0.5) is 0 Å². The number of hydrogen-bond donors (Lipinski definition) is 0. The van der Waals surface area contributed by atoms with Crippen LogP contribution in [-0.2, 0) is 16.1 Å². The first-order valence-electron chi connectivity index (χ1n) is 12.3. The van der Waals surface area contributed by atoms with E-state index in [0.29, 0.717) is 5.92 Å². The first kappa shape index (κ1) is 21.5. The molecule has 1 atom stereocenters. The van der Waals surface area contributed by atoms with Gasteiger partial charge in [0.05, 0.1) is 12.8 Å². The zero-order valence-electron chi connectivity index (χ0n) is 19.1. The SMILES string of the molecule is O=CN(CCCN1CCC2(CC1)OC=C1C=CC=CC12)[N+]1(Cc2ccccc2)CCCC1.